The maximum atomic E-state index is 6.06. The molecule has 1 atom stereocenters. The van der Waals surface area contributed by atoms with Gasteiger partial charge in [0.1, 0.15) is 0 Å². The van der Waals surface area contributed by atoms with E-state index < -0.39 is 0 Å². The molecule has 16 heavy (non-hydrogen) atoms. The second kappa shape index (κ2) is 3.51. The van der Waals surface area contributed by atoms with Crippen molar-refractivity contribution in [3.63, 3.8) is 0 Å². The highest BCUT2D eigenvalue weighted by molar-refractivity contribution is 6.31. The Labute approximate surface area is 100 Å². The van der Waals surface area contributed by atoms with Gasteiger partial charge in [0.05, 0.1) is 0 Å². The number of nitrogens with one attached hydrogen (secondary N) is 1. The first-order valence-electron chi connectivity index (χ1n) is 5.66. The summed E-state index contributed by atoms with van der Waals surface area (Å²) in [5, 5.41) is 5.61. The molecule has 0 saturated carbocycles. The predicted molar refractivity (Wildman–Crippen MR) is 68.1 cm³/mol. The van der Waals surface area contributed by atoms with Gasteiger partial charge in [-0.2, -0.15) is 0 Å². The van der Waals surface area contributed by atoms with E-state index in [9.17, 15) is 0 Å². The molecule has 1 aliphatic heterocycles. The first kappa shape index (κ1) is 10.2. The standard InChI is InChI=1S/C13H15ClN2/c1-8-6-15-7-11-10-4-3-9(14)5-12(10)16(2)13(8)11/h3-5,8,15H,6-7H2,1-2H3. The van der Waals surface area contributed by atoms with Crippen LogP contribution in [0.4, 0.5) is 0 Å². The molecule has 0 radical (unpaired) electrons. The fourth-order valence-corrected chi connectivity index (χ4v) is 3.00. The largest absolute Gasteiger partial charge is 0.347 e. The summed E-state index contributed by atoms with van der Waals surface area (Å²) in [4.78, 5) is 0. The van der Waals surface area contributed by atoms with Gasteiger partial charge in [0.15, 0.2) is 0 Å². The van der Waals surface area contributed by atoms with Crippen molar-refractivity contribution in [1.29, 1.82) is 0 Å². The summed E-state index contributed by atoms with van der Waals surface area (Å²) >= 11 is 6.06. The van der Waals surface area contributed by atoms with Gasteiger partial charge < -0.3 is 9.88 Å². The molecule has 0 amide bonds. The van der Waals surface area contributed by atoms with Gasteiger partial charge in [0.25, 0.3) is 0 Å². The fourth-order valence-electron chi connectivity index (χ4n) is 2.83. The summed E-state index contributed by atoms with van der Waals surface area (Å²) in [7, 11) is 2.14. The Bertz CT molecular complexity index is 557. The zero-order valence-corrected chi connectivity index (χ0v) is 10.3. The first-order chi connectivity index (χ1) is 7.68. The molecule has 0 aliphatic carbocycles. The van der Waals surface area contributed by atoms with Crippen molar-refractivity contribution in [2.75, 3.05) is 6.54 Å². The van der Waals surface area contributed by atoms with Crippen LogP contribution in [0.25, 0.3) is 10.9 Å². The van der Waals surface area contributed by atoms with Crippen LogP contribution in [0, 0.1) is 0 Å². The summed E-state index contributed by atoms with van der Waals surface area (Å²) in [6.45, 7) is 4.30. The number of hydrogen-bond donors (Lipinski definition) is 1. The molecular weight excluding hydrogens is 220 g/mol. The number of fused-ring (bicyclic) bond motifs is 3. The summed E-state index contributed by atoms with van der Waals surface area (Å²) in [6, 6.07) is 6.17. The number of rotatable bonds is 0. The fraction of sp³-hybridized carbons (Fsp3) is 0.385. The van der Waals surface area contributed by atoms with Crippen molar-refractivity contribution in [3.05, 3.63) is 34.5 Å². The van der Waals surface area contributed by atoms with Gasteiger partial charge in [-0.1, -0.05) is 24.6 Å². The van der Waals surface area contributed by atoms with Crippen LogP contribution in [0.1, 0.15) is 24.1 Å². The lowest BCUT2D eigenvalue weighted by Gasteiger charge is -2.21. The molecule has 0 spiro atoms. The van der Waals surface area contributed by atoms with E-state index in [1.54, 1.807) is 0 Å². The molecule has 0 bridgehead atoms. The van der Waals surface area contributed by atoms with Crippen LogP contribution in [-0.4, -0.2) is 11.1 Å². The number of aryl methyl sites for hydroxylation is 1. The molecule has 2 aromatic rings. The third kappa shape index (κ3) is 1.30. The Hall–Kier alpha value is -0.990. The average Bonchev–Trinajstić information content (AvgIpc) is 2.54. The number of aromatic nitrogens is 1. The molecule has 1 aromatic carbocycles. The third-order valence-electron chi connectivity index (χ3n) is 3.54. The van der Waals surface area contributed by atoms with Crippen LogP contribution in [0.3, 0.4) is 0 Å². The summed E-state index contributed by atoms with van der Waals surface area (Å²) in [6.07, 6.45) is 0. The number of benzene rings is 1. The molecule has 1 aliphatic rings. The van der Waals surface area contributed by atoms with E-state index in [2.05, 4.69) is 36.0 Å². The second-order valence-electron chi connectivity index (χ2n) is 4.62. The van der Waals surface area contributed by atoms with Crippen LogP contribution in [0.5, 0.6) is 0 Å². The van der Waals surface area contributed by atoms with Crippen molar-refractivity contribution < 1.29 is 0 Å². The Morgan fingerprint density at radius 3 is 3.06 bits per heavy atom. The lowest BCUT2D eigenvalue weighted by molar-refractivity contribution is 0.548. The smallest absolute Gasteiger partial charge is 0.0498 e. The van der Waals surface area contributed by atoms with Crippen LogP contribution in [-0.2, 0) is 13.6 Å². The molecular formula is C13H15ClN2. The minimum atomic E-state index is 0.569. The minimum Gasteiger partial charge on any atom is -0.347 e. The molecule has 1 aromatic heterocycles. The van der Waals surface area contributed by atoms with E-state index in [1.807, 2.05) is 6.07 Å². The van der Waals surface area contributed by atoms with Crippen LogP contribution in [0.15, 0.2) is 18.2 Å². The Morgan fingerprint density at radius 1 is 1.44 bits per heavy atom. The maximum absolute atomic E-state index is 6.06. The highest BCUT2D eigenvalue weighted by Gasteiger charge is 2.23. The third-order valence-corrected chi connectivity index (χ3v) is 3.77. The van der Waals surface area contributed by atoms with Crippen molar-refractivity contribution in [2.24, 2.45) is 7.05 Å². The van der Waals surface area contributed by atoms with Crippen molar-refractivity contribution in [3.8, 4) is 0 Å². The number of halogens is 1. The van der Waals surface area contributed by atoms with Gasteiger partial charge >= 0.3 is 0 Å². The van der Waals surface area contributed by atoms with E-state index in [0.29, 0.717) is 5.92 Å². The van der Waals surface area contributed by atoms with E-state index in [-0.39, 0.29) is 0 Å². The lowest BCUT2D eigenvalue weighted by Crippen LogP contribution is -2.27. The monoisotopic (exact) mass is 234 g/mol. The molecule has 3 heteroatoms. The van der Waals surface area contributed by atoms with Crippen LogP contribution >= 0.6 is 11.6 Å². The average molecular weight is 235 g/mol. The topological polar surface area (TPSA) is 17.0 Å². The molecule has 2 heterocycles. The Morgan fingerprint density at radius 2 is 2.25 bits per heavy atom. The zero-order chi connectivity index (χ0) is 11.3. The summed E-state index contributed by atoms with van der Waals surface area (Å²) < 4.78 is 2.29. The van der Waals surface area contributed by atoms with E-state index in [0.717, 1.165) is 18.1 Å². The molecule has 2 nitrogen and oxygen atoms in total. The molecule has 1 N–H and O–H groups in total. The molecule has 0 saturated heterocycles. The van der Waals surface area contributed by atoms with Crippen LogP contribution < -0.4 is 5.32 Å². The Balaban J connectivity index is 2.38. The van der Waals surface area contributed by atoms with Crippen LogP contribution in [0.2, 0.25) is 5.02 Å². The SMILES string of the molecule is CC1CNCc2c1n(C)c1cc(Cl)ccc21. The minimum absolute atomic E-state index is 0.569. The molecule has 3 rings (SSSR count). The number of hydrogen-bond acceptors (Lipinski definition) is 1. The van der Waals surface area contributed by atoms with Gasteiger partial charge in [0.2, 0.25) is 0 Å². The van der Waals surface area contributed by atoms with Crippen molar-refractivity contribution >= 4 is 22.5 Å². The highest BCUT2D eigenvalue weighted by atomic mass is 35.5. The van der Waals surface area contributed by atoms with E-state index in [4.69, 9.17) is 11.6 Å². The van der Waals surface area contributed by atoms with Gasteiger partial charge in [-0.3, -0.25) is 0 Å². The first-order valence-corrected chi connectivity index (χ1v) is 6.03. The predicted octanol–water partition coefficient (Wildman–Crippen LogP) is 3.04. The van der Waals surface area contributed by atoms with Gasteiger partial charge in [-0.25, -0.2) is 0 Å². The van der Waals surface area contributed by atoms with Gasteiger partial charge in [-0.05, 0) is 17.7 Å². The maximum Gasteiger partial charge on any atom is 0.0498 e. The molecule has 84 valence electrons. The van der Waals surface area contributed by atoms with Crippen molar-refractivity contribution in [1.82, 2.24) is 9.88 Å². The van der Waals surface area contributed by atoms with Crippen molar-refractivity contribution in [2.45, 2.75) is 19.4 Å². The summed E-state index contributed by atoms with van der Waals surface area (Å²) in [5.41, 5.74) is 4.14. The number of nitrogens with zero attached hydrogens (tertiary/aromatic N) is 1. The quantitative estimate of drug-likeness (QED) is 0.742. The second-order valence-corrected chi connectivity index (χ2v) is 5.05. The van der Waals surface area contributed by atoms with Gasteiger partial charge in [-0.15, -0.1) is 0 Å². The molecule has 1 unspecified atom stereocenters. The van der Waals surface area contributed by atoms with Gasteiger partial charge in [0, 0.05) is 47.7 Å². The highest BCUT2D eigenvalue weighted by Crippen LogP contribution is 2.33. The lowest BCUT2D eigenvalue weighted by atomic mass is 9.98. The molecule has 0 fully saturated rings. The Kier molecular flexibility index (Phi) is 2.23. The van der Waals surface area contributed by atoms with E-state index in [1.165, 1.54) is 22.2 Å². The van der Waals surface area contributed by atoms with E-state index >= 15 is 0 Å². The normalized spacial score (nSPS) is 20.1. The zero-order valence-electron chi connectivity index (χ0n) is 9.55. The summed E-state index contributed by atoms with van der Waals surface area (Å²) in [5.74, 6) is 0.569.